The minimum absolute atomic E-state index is 0.272. The minimum atomic E-state index is -1.30. The van der Waals surface area contributed by atoms with E-state index in [2.05, 4.69) is 27.9 Å². The molecular formula is C30H53Cl2NO3. The monoisotopic (exact) mass is 545 g/mol. The highest BCUT2D eigenvalue weighted by atomic mass is 35.5. The van der Waals surface area contributed by atoms with Crippen LogP contribution in [0.25, 0.3) is 0 Å². The largest absolute Gasteiger partial charge is 0.546 e. The summed E-state index contributed by atoms with van der Waals surface area (Å²) in [5.74, 6) is -1.03. The molecule has 6 heteroatoms. The van der Waals surface area contributed by atoms with Crippen LogP contribution in [0.4, 0.5) is 0 Å². The predicted octanol–water partition coefficient (Wildman–Crippen LogP) is 8.47. The van der Waals surface area contributed by atoms with E-state index in [0.29, 0.717) is 5.02 Å². The molecule has 36 heavy (non-hydrogen) atoms. The SMILES string of the molecule is CCCCCCCCCC[N+](C)(C)CCCCCCCCCC.O=C([O-])COc1ccc(Cl)cc1Cl. The normalized spacial score (nSPS) is 11.2. The number of hydrogen-bond donors (Lipinski definition) is 0. The van der Waals surface area contributed by atoms with Gasteiger partial charge in [-0.1, -0.05) is 114 Å². The van der Waals surface area contributed by atoms with Gasteiger partial charge in [0, 0.05) is 5.02 Å². The van der Waals surface area contributed by atoms with Crippen LogP contribution in [0.15, 0.2) is 18.2 Å². The van der Waals surface area contributed by atoms with Gasteiger partial charge in [-0.3, -0.25) is 0 Å². The highest BCUT2D eigenvalue weighted by Gasteiger charge is 2.13. The van der Waals surface area contributed by atoms with E-state index >= 15 is 0 Å². The average molecular weight is 547 g/mol. The number of carbonyl (C=O) groups excluding carboxylic acids is 1. The molecule has 1 rings (SSSR count). The van der Waals surface area contributed by atoms with Gasteiger partial charge in [0.25, 0.3) is 0 Å². The third-order valence-electron chi connectivity index (χ3n) is 6.47. The lowest BCUT2D eigenvalue weighted by Gasteiger charge is -2.30. The number of carboxylic acid groups (broad SMARTS) is 1. The van der Waals surface area contributed by atoms with E-state index in [-0.39, 0.29) is 10.8 Å². The van der Waals surface area contributed by atoms with Gasteiger partial charge in [0.15, 0.2) is 0 Å². The number of nitrogens with zero attached hydrogens (tertiary/aromatic N) is 1. The second-order valence-electron chi connectivity index (χ2n) is 10.6. The van der Waals surface area contributed by atoms with Crippen LogP contribution in [0, 0.1) is 0 Å². The molecule has 0 atom stereocenters. The average Bonchev–Trinajstić information content (AvgIpc) is 2.82. The van der Waals surface area contributed by atoms with Gasteiger partial charge >= 0.3 is 0 Å². The topological polar surface area (TPSA) is 49.4 Å². The molecule has 0 bridgehead atoms. The molecule has 1 aromatic rings. The highest BCUT2D eigenvalue weighted by Crippen LogP contribution is 2.27. The van der Waals surface area contributed by atoms with Gasteiger partial charge in [0.05, 0.1) is 38.2 Å². The molecule has 210 valence electrons. The molecule has 0 N–H and O–H groups in total. The van der Waals surface area contributed by atoms with Gasteiger partial charge in [-0.15, -0.1) is 0 Å². The fraction of sp³-hybridized carbons (Fsp3) is 0.767. The van der Waals surface area contributed by atoms with Crippen molar-refractivity contribution in [3.63, 3.8) is 0 Å². The molecule has 0 aliphatic carbocycles. The lowest BCUT2D eigenvalue weighted by Crippen LogP contribution is -2.41. The molecule has 1 aromatic carbocycles. The minimum Gasteiger partial charge on any atom is -0.546 e. The number of rotatable bonds is 21. The molecule has 0 radical (unpaired) electrons. The first kappa shape index (κ1) is 35.0. The van der Waals surface area contributed by atoms with Gasteiger partial charge in [0.2, 0.25) is 0 Å². The first-order valence-electron chi connectivity index (χ1n) is 14.3. The summed E-state index contributed by atoms with van der Waals surface area (Å²) >= 11 is 11.3. The zero-order valence-electron chi connectivity index (χ0n) is 23.6. The molecule has 0 aliphatic heterocycles. The molecule has 0 saturated heterocycles. The summed E-state index contributed by atoms with van der Waals surface area (Å²) in [5.41, 5.74) is 0. The third-order valence-corrected chi connectivity index (χ3v) is 7.00. The Morgan fingerprint density at radius 3 is 1.56 bits per heavy atom. The van der Waals surface area contributed by atoms with Crippen molar-refractivity contribution in [2.45, 2.75) is 117 Å². The Kier molecular flexibility index (Phi) is 22.5. The maximum Gasteiger partial charge on any atom is 0.138 e. The number of ether oxygens (including phenoxy) is 1. The number of aliphatic carboxylic acids is 1. The first-order chi connectivity index (χ1) is 17.2. The standard InChI is InChI=1S/C22H48N.C8H6Cl2O3/c1-5-7-9-11-13-15-17-19-21-23(3,4)22-20-18-16-14-12-10-8-6-2;9-5-1-2-7(6(10)3-5)13-4-8(11)12/h5-22H2,1-4H3;1-3H,4H2,(H,11,12)/q+1;/p-1. The zero-order valence-corrected chi connectivity index (χ0v) is 25.1. The van der Waals surface area contributed by atoms with E-state index in [4.69, 9.17) is 27.9 Å². The summed E-state index contributed by atoms with van der Waals surface area (Å²) in [6.45, 7) is 6.83. The Morgan fingerprint density at radius 2 is 1.17 bits per heavy atom. The number of benzene rings is 1. The van der Waals surface area contributed by atoms with Crippen LogP contribution in [-0.2, 0) is 4.79 Å². The Bertz CT molecular complexity index is 646. The fourth-order valence-corrected chi connectivity index (χ4v) is 4.65. The number of carboxylic acids is 1. The van der Waals surface area contributed by atoms with E-state index < -0.39 is 12.6 Å². The van der Waals surface area contributed by atoms with Crippen molar-refractivity contribution >= 4 is 29.2 Å². The molecule has 0 heterocycles. The molecule has 0 aliphatic rings. The van der Waals surface area contributed by atoms with Crippen molar-refractivity contribution in [1.82, 2.24) is 0 Å². The van der Waals surface area contributed by atoms with Crippen LogP contribution in [-0.4, -0.2) is 44.2 Å². The zero-order chi connectivity index (χ0) is 27.1. The maximum absolute atomic E-state index is 10.0. The Hall–Kier alpha value is -0.970. The number of hydrogen-bond acceptors (Lipinski definition) is 3. The summed E-state index contributed by atoms with van der Waals surface area (Å²) in [4.78, 5) is 10.0. The second kappa shape index (κ2) is 23.2. The molecule has 0 spiro atoms. The number of unbranched alkanes of at least 4 members (excludes halogenated alkanes) is 14. The molecule has 0 aromatic heterocycles. The van der Waals surface area contributed by atoms with Gasteiger partial charge in [-0.2, -0.15) is 0 Å². The molecule has 0 unspecified atom stereocenters. The fourth-order valence-electron chi connectivity index (χ4n) is 4.19. The van der Waals surface area contributed by atoms with Crippen LogP contribution < -0.4 is 9.84 Å². The predicted molar refractivity (Wildman–Crippen MR) is 154 cm³/mol. The Morgan fingerprint density at radius 1 is 0.750 bits per heavy atom. The number of carbonyl (C=O) groups is 1. The van der Waals surface area contributed by atoms with Crippen molar-refractivity contribution < 1.29 is 19.1 Å². The summed E-state index contributed by atoms with van der Waals surface area (Å²) in [6, 6.07) is 4.51. The molecule has 0 amide bonds. The van der Waals surface area contributed by atoms with Gasteiger partial charge in [0.1, 0.15) is 12.4 Å². The van der Waals surface area contributed by atoms with Gasteiger partial charge < -0.3 is 19.1 Å². The van der Waals surface area contributed by atoms with Crippen molar-refractivity contribution in [3.05, 3.63) is 28.2 Å². The molecule has 0 saturated carbocycles. The van der Waals surface area contributed by atoms with E-state index in [0.717, 1.165) is 0 Å². The van der Waals surface area contributed by atoms with Crippen LogP contribution in [0.2, 0.25) is 10.0 Å². The van der Waals surface area contributed by atoms with Crippen LogP contribution in [0.5, 0.6) is 5.75 Å². The quantitative estimate of drug-likeness (QED) is 0.115. The summed E-state index contributed by atoms with van der Waals surface area (Å²) in [7, 11) is 4.87. The van der Waals surface area contributed by atoms with E-state index in [9.17, 15) is 9.90 Å². The van der Waals surface area contributed by atoms with Crippen molar-refractivity contribution in [2.24, 2.45) is 0 Å². The number of halogens is 2. The molecule has 0 fully saturated rings. The van der Waals surface area contributed by atoms with Crippen molar-refractivity contribution in [3.8, 4) is 5.75 Å². The van der Waals surface area contributed by atoms with Gasteiger partial charge in [-0.05, 0) is 43.9 Å². The third kappa shape index (κ3) is 22.2. The number of quaternary nitrogens is 1. The summed E-state index contributed by atoms with van der Waals surface area (Å²) in [6.07, 6.45) is 23.0. The van der Waals surface area contributed by atoms with E-state index in [1.54, 1.807) is 6.07 Å². The Labute approximate surface area is 232 Å². The van der Waals surface area contributed by atoms with Crippen molar-refractivity contribution in [2.75, 3.05) is 33.8 Å². The van der Waals surface area contributed by atoms with Crippen LogP contribution in [0.1, 0.15) is 117 Å². The first-order valence-corrected chi connectivity index (χ1v) is 15.1. The maximum atomic E-state index is 10.0. The lowest BCUT2D eigenvalue weighted by molar-refractivity contribution is -0.890. The lowest BCUT2D eigenvalue weighted by atomic mass is 10.1. The van der Waals surface area contributed by atoms with E-state index in [1.807, 2.05) is 0 Å². The van der Waals surface area contributed by atoms with Crippen molar-refractivity contribution in [1.29, 1.82) is 0 Å². The molecular weight excluding hydrogens is 493 g/mol. The summed E-state index contributed by atoms with van der Waals surface area (Å²) in [5, 5.41) is 10.8. The Balaban J connectivity index is 0.000000790. The van der Waals surface area contributed by atoms with E-state index in [1.165, 1.54) is 132 Å². The summed E-state index contributed by atoms with van der Waals surface area (Å²) < 4.78 is 6.04. The van der Waals surface area contributed by atoms with Crippen LogP contribution in [0.3, 0.4) is 0 Å². The highest BCUT2D eigenvalue weighted by molar-refractivity contribution is 6.35. The molecule has 4 nitrogen and oxygen atoms in total. The smallest absolute Gasteiger partial charge is 0.138 e. The van der Waals surface area contributed by atoms with Crippen LogP contribution >= 0.6 is 23.2 Å². The van der Waals surface area contributed by atoms with Gasteiger partial charge in [-0.25, -0.2) is 0 Å². The second-order valence-corrected chi connectivity index (χ2v) is 11.4.